The topological polar surface area (TPSA) is 33.2 Å². The van der Waals surface area contributed by atoms with E-state index in [4.69, 9.17) is 0 Å². The van der Waals surface area contributed by atoms with Crippen LogP contribution in [0.1, 0.15) is 21.5 Å². The molecule has 3 heteroatoms. The smallest absolute Gasteiger partial charge is 0.260 e. The lowest BCUT2D eigenvalue weighted by atomic mass is 10.1. The maximum Gasteiger partial charge on any atom is 0.260 e. The number of benzene rings is 2. The molecule has 23 heavy (non-hydrogen) atoms. The largest absolute Gasteiger partial charge is 0.288 e. The second kappa shape index (κ2) is 6.88. The molecule has 0 unspecified atom stereocenters. The third-order valence-electron chi connectivity index (χ3n) is 3.73. The van der Waals surface area contributed by atoms with Gasteiger partial charge in [0.2, 0.25) is 0 Å². The molecule has 3 aromatic rings. The molecule has 0 aliphatic carbocycles. The van der Waals surface area contributed by atoms with E-state index in [2.05, 4.69) is 4.98 Å². The number of hydrogen-bond donors (Lipinski definition) is 0. The average molecular weight is 302 g/mol. The van der Waals surface area contributed by atoms with Crippen LogP contribution in [0.3, 0.4) is 0 Å². The molecule has 3 nitrogen and oxygen atoms in total. The Balaban J connectivity index is 1.98. The van der Waals surface area contributed by atoms with Gasteiger partial charge in [-0.3, -0.25) is 9.69 Å². The highest BCUT2D eigenvalue weighted by Crippen LogP contribution is 2.19. The predicted molar refractivity (Wildman–Crippen MR) is 92.4 cm³/mol. The number of aryl methyl sites for hydroxylation is 1. The highest BCUT2D eigenvalue weighted by atomic mass is 16.2. The van der Waals surface area contributed by atoms with E-state index in [1.165, 1.54) is 0 Å². The molecule has 1 heterocycles. The van der Waals surface area contributed by atoms with Crippen LogP contribution in [0.2, 0.25) is 0 Å². The van der Waals surface area contributed by atoms with Gasteiger partial charge in [0.15, 0.2) is 0 Å². The van der Waals surface area contributed by atoms with Gasteiger partial charge in [-0.05, 0) is 36.2 Å². The van der Waals surface area contributed by atoms with Crippen LogP contribution in [-0.2, 0) is 6.54 Å². The molecule has 0 atom stereocenters. The summed E-state index contributed by atoms with van der Waals surface area (Å²) in [5.74, 6) is 0.621. The van der Waals surface area contributed by atoms with Crippen LogP contribution in [0.15, 0.2) is 79.0 Å². The van der Waals surface area contributed by atoms with Gasteiger partial charge in [-0.1, -0.05) is 54.6 Å². The minimum atomic E-state index is -0.0364. The van der Waals surface area contributed by atoms with E-state index in [0.29, 0.717) is 17.9 Å². The van der Waals surface area contributed by atoms with Crippen LogP contribution < -0.4 is 4.90 Å². The maximum absolute atomic E-state index is 13.1. The Morgan fingerprint density at radius 1 is 0.913 bits per heavy atom. The second-order valence-electron chi connectivity index (χ2n) is 5.38. The summed E-state index contributed by atoms with van der Waals surface area (Å²) in [6.45, 7) is 2.44. The van der Waals surface area contributed by atoms with Gasteiger partial charge in [0.25, 0.3) is 5.91 Å². The lowest BCUT2D eigenvalue weighted by molar-refractivity contribution is 0.0983. The molecule has 0 bridgehead atoms. The number of pyridine rings is 1. The fourth-order valence-electron chi connectivity index (χ4n) is 2.49. The summed E-state index contributed by atoms with van der Waals surface area (Å²) >= 11 is 0. The van der Waals surface area contributed by atoms with Crippen LogP contribution in [0.4, 0.5) is 5.82 Å². The van der Waals surface area contributed by atoms with Crippen molar-refractivity contribution in [1.29, 1.82) is 0 Å². The Hall–Kier alpha value is -2.94. The van der Waals surface area contributed by atoms with Crippen LogP contribution in [0, 0.1) is 6.92 Å². The predicted octanol–water partition coefficient (Wildman–Crippen LogP) is 4.24. The number of carbonyl (C=O) groups is 1. The number of nitrogens with zero attached hydrogens (tertiary/aromatic N) is 2. The van der Waals surface area contributed by atoms with E-state index in [9.17, 15) is 4.79 Å². The number of amides is 1. The third-order valence-corrected chi connectivity index (χ3v) is 3.73. The molecular formula is C20H18N2O. The zero-order valence-electron chi connectivity index (χ0n) is 13.0. The summed E-state index contributed by atoms with van der Waals surface area (Å²) in [5, 5.41) is 0. The van der Waals surface area contributed by atoms with Gasteiger partial charge in [0.1, 0.15) is 5.82 Å². The second-order valence-corrected chi connectivity index (χ2v) is 5.38. The number of anilines is 1. The highest BCUT2D eigenvalue weighted by molar-refractivity contribution is 6.06. The molecule has 1 amide bonds. The Labute approximate surface area is 136 Å². The normalized spacial score (nSPS) is 10.3. The number of aromatic nitrogens is 1. The van der Waals surface area contributed by atoms with Crippen LogP contribution in [-0.4, -0.2) is 10.9 Å². The summed E-state index contributed by atoms with van der Waals surface area (Å²) in [6, 6.07) is 23.2. The first-order valence-corrected chi connectivity index (χ1v) is 7.58. The fraction of sp³-hybridized carbons (Fsp3) is 0.100. The minimum Gasteiger partial charge on any atom is -0.288 e. The summed E-state index contributed by atoms with van der Waals surface area (Å²) in [4.78, 5) is 19.1. The fourth-order valence-corrected chi connectivity index (χ4v) is 2.49. The van der Waals surface area contributed by atoms with Crippen molar-refractivity contribution in [2.45, 2.75) is 13.5 Å². The zero-order valence-corrected chi connectivity index (χ0v) is 13.0. The summed E-state index contributed by atoms with van der Waals surface area (Å²) in [5.41, 5.74) is 2.74. The van der Waals surface area contributed by atoms with Crippen molar-refractivity contribution >= 4 is 11.7 Å². The van der Waals surface area contributed by atoms with Crippen molar-refractivity contribution < 1.29 is 4.79 Å². The molecule has 0 saturated carbocycles. The molecular weight excluding hydrogens is 284 g/mol. The van der Waals surface area contributed by atoms with Gasteiger partial charge in [-0.2, -0.15) is 0 Å². The molecule has 2 aromatic carbocycles. The molecule has 0 radical (unpaired) electrons. The van der Waals surface area contributed by atoms with E-state index >= 15 is 0 Å². The Kier molecular flexibility index (Phi) is 4.48. The molecule has 0 fully saturated rings. The SMILES string of the molecule is Cc1ccccc1C(=O)N(Cc1ccccc1)c1ccccn1. The Morgan fingerprint density at radius 3 is 2.30 bits per heavy atom. The van der Waals surface area contributed by atoms with E-state index < -0.39 is 0 Å². The average Bonchev–Trinajstić information content (AvgIpc) is 2.61. The van der Waals surface area contributed by atoms with Crippen molar-refractivity contribution in [1.82, 2.24) is 4.98 Å². The lowest BCUT2D eigenvalue weighted by Crippen LogP contribution is -2.31. The van der Waals surface area contributed by atoms with Crippen molar-refractivity contribution in [3.63, 3.8) is 0 Å². The summed E-state index contributed by atoms with van der Waals surface area (Å²) in [7, 11) is 0. The van der Waals surface area contributed by atoms with Gasteiger partial charge in [-0.25, -0.2) is 4.98 Å². The standard InChI is InChI=1S/C20H18N2O/c1-16-9-5-6-12-18(16)20(23)22(19-13-7-8-14-21-19)15-17-10-3-2-4-11-17/h2-14H,15H2,1H3. The minimum absolute atomic E-state index is 0.0364. The van der Waals surface area contributed by atoms with Crippen LogP contribution in [0.25, 0.3) is 0 Å². The molecule has 3 rings (SSSR count). The third kappa shape index (κ3) is 3.46. The van der Waals surface area contributed by atoms with E-state index in [1.807, 2.05) is 79.7 Å². The van der Waals surface area contributed by atoms with Crippen LogP contribution in [0.5, 0.6) is 0 Å². The summed E-state index contributed by atoms with van der Waals surface area (Å²) < 4.78 is 0. The van der Waals surface area contributed by atoms with Crippen molar-refractivity contribution in [3.8, 4) is 0 Å². The number of carbonyl (C=O) groups excluding carboxylic acids is 1. The lowest BCUT2D eigenvalue weighted by Gasteiger charge is -2.22. The van der Waals surface area contributed by atoms with Crippen molar-refractivity contribution in [3.05, 3.63) is 95.7 Å². The Bertz CT molecular complexity index is 785. The number of rotatable bonds is 4. The van der Waals surface area contributed by atoms with Gasteiger partial charge in [0, 0.05) is 11.8 Å². The molecule has 114 valence electrons. The monoisotopic (exact) mass is 302 g/mol. The molecule has 0 spiro atoms. The van der Waals surface area contributed by atoms with E-state index in [1.54, 1.807) is 11.1 Å². The van der Waals surface area contributed by atoms with Crippen molar-refractivity contribution in [2.75, 3.05) is 4.90 Å². The molecule has 1 aromatic heterocycles. The molecule has 0 saturated heterocycles. The maximum atomic E-state index is 13.1. The van der Waals surface area contributed by atoms with Gasteiger partial charge >= 0.3 is 0 Å². The Morgan fingerprint density at radius 2 is 1.61 bits per heavy atom. The summed E-state index contributed by atoms with van der Waals surface area (Å²) in [6.07, 6.45) is 1.71. The van der Waals surface area contributed by atoms with E-state index in [0.717, 1.165) is 11.1 Å². The number of hydrogen-bond acceptors (Lipinski definition) is 2. The molecule has 0 aliphatic rings. The highest BCUT2D eigenvalue weighted by Gasteiger charge is 2.20. The first kappa shape index (κ1) is 15.0. The quantitative estimate of drug-likeness (QED) is 0.722. The zero-order chi connectivity index (χ0) is 16.1. The van der Waals surface area contributed by atoms with Gasteiger partial charge < -0.3 is 0 Å². The first-order chi connectivity index (χ1) is 11.3. The van der Waals surface area contributed by atoms with Gasteiger partial charge in [0.05, 0.1) is 6.54 Å². The molecule has 0 N–H and O–H groups in total. The van der Waals surface area contributed by atoms with E-state index in [-0.39, 0.29) is 5.91 Å². The first-order valence-electron chi connectivity index (χ1n) is 7.58. The molecule has 0 aliphatic heterocycles. The van der Waals surface area contributed by atoms with Crippen LogP contribution >= 0.6 is 0 Å². The van der Waals surface area contributed by atoms with Crippen molar-refractivity contribution in [2.24, 2.45) is 0 Å². The van der Waals surface area contributed by atoms with Gasteiger partial charge in [-0.15, -0.1) is 0 Å².